The predicted molar refractivity (Wildman–Crippen MR) is 90.5 cm³/mol. The minimum Gasteiger partial charge on any atom is -0.348 e. The van der Waals surface area contributed by atoms with Gasteiger partial charge in [-0.2, -0.15) is 0 Å². The van der Waals surface area contributed by atoms with E-state index in [-0.39, 0.29) is 11.9 Å². The smallest absolute Gasteiger partial charge is 0.270 e. The Kier molecular flexibility index (Phi) is 3.43. The van der Waals surface area contributed by atoms with E-state index in [0.717, 1.165) is 28.7 Å². The van der Waals surface area contributed by atoms with Crippen molar-refractivity contribution in [2.24, 2.45) is 17.8 Å². The molecule has 1 N–H and O–H groups in total. The molecule has 4 nitrogen and oxygen atoms in total. The van der Waals surface area contributed by atoms with E-state index < -0.39 is 0 Å². The van der Waals surface area contributed by atoms with Gasteiger partial charge in [-0.1, -0.05) is 6.42 Å². The Labute approximate surface area is 137 Å². The summed E-state index contributed by atoms with van der Waals surface area (Å²) in [5, 5.41) is 3.26. The summed E-state index contributed by atoms with van der Waals surface area (Å²) >= 11 is 0. The van der Waals surface area contributed by atoms with Crippen LogP contribution in [-0.2, 0) is 0 Å². The lowest BCUT2D eigenvalue weighted by Gasteiger charge is -2.28. The van der Waals surface area contributed by atoms with E-state index in [1.54, 1.807) is 0 Å². The number of pyridine rings is 1. The standard InChI is InChI=1S/C19H25N3O/c1-11-6-7-22-17(8-11)20-13(3)18(22)19(23)21-12(2)16-10-14-4-5-15(16)9-14/h6-8,12,14-16H,4-5,9-10H2,1-3H3,(H,21,23). The van der Waals surface area contributed by atoms with Crippen molar-refractivity contribution in [3.8, 4) is 0 Å². The number of nitrogens with one attached hydrogen (secondary N) is 1. The van der Waals surface area contributed by atoms with Gasteiger partial charge < -0.3 is 5.32 Å². The van der Waals surface area contributed by atoms with Gasteiger partial charge in [0, 0.05) is 12.2 Å². The molecule has 4 atom stereocenters. The van der Waals surface area contributed by atoms with Gasteiger partial charge in [-0.3, -0.25) is 9.20 Å². The van der Waals surface area contributed by atoms with E-state index in [1.807, 2.05) is 36.6 Å². The van der Waals surface area contributed by atoms with Crippen LogP contribution in [0.2, 0.25) is 0 Å². The second-order valence-electron chi connectivity index (χ2n) is 7.58. The zero-order valence-corrected chi connectivity index (χ0v) is 14.2. The van der Waals surface area contributed by atoms with Crippen LogP contribution in [-0.4, -0.2) is 21.3 Å². The van der Waals surface area contributed by atoms with Crippen molar-refractivity contribution < 1.29 is 4.79 Å². The van der Waals surface area contributed by atoms with Crippen molar-refractivity contribution in [3.63, 3.8) is 0 Å². The molecule has 122 valence electrons. The molecule has 2 fully saturated rings. The highest BCUT2D eigenvalue weighted by molar-refractivity contribution is 5.94. The molecule has 2 bridgehead atoms. The fourth-order valence-corrected chi connectivity index (χ4v) is 4.83. The van der Waals surface area contributed by atoms with Gasteiger partial charge >= 0.3 is 0 Å². The third-order valence-corrected chi connectivity index (χ3v) is 5.96. The van der Waals surface area contributed by atoms with Gasteiger partial charge in [0.25, 0.3) is 5.91 Å². The van der Waals surface area contributed by atoms with Gasteiger partial charge in [0.2, 0.25) is 0 Å². The predicted octanol–water partition coefficient (Wildman–Crippen LogP) is 3.51. The number of hydrogen-bond acceptors (Lipinski definition) is 2. The average Bonchev–Trinajstić information content (AvgIpc) is 3.19. The lowest BCUT2D eigenvalue weighted by atomic mass is 9.84. The Balaban J connectivity index is 1.56. The fraction of sp³-hybridized carbons (Fsp3) is 0.579. The molecule has 4 unspecified atom stereocenters. The second-order valence-corrected chi connectivity index (χ2v) is 7.58. The molecule has 0 aromatic carbocycles. The van der Waals surface area contributed by atoms with Gasteiger partial charge in [0.05, 0.1) is 5.69 Å². The lowest BCUT2D eigenvalue weighted by Crippen LogP contribution is -2.40. The third kappa shape index (κ3) is 2.44. The van der Waals surface area contributed by atoms with Crippen molar-refractivity contribution in [1.82, 2.24) is 14.7 Å². The maximum Gasteiger partial charge on any atom is 0.270 e. The molecule has 4 rings (SSSR count). The normalized spacial score (nSPS) is 27.5. The molecule has 2 aliphatic carbocycles. The first kappa shape index (κ1) is 14.7. The molecule has 2 heterocycles. The van der Waals surface area contributed by atoms with E-state index in [0.29, 0.717) is 11.6 Å². The monoisotopic (exact) mass is 311 g/mol. The summed E-state index contributed by atoms with van der Waals surface area (Å²) in [6, 6.07) is 4.28. The van der Waals surface area contributed by atoms with E-state index in [9.17, 15) is 4.79 Å². The number of aromatic nitrogens is 2. The zero-order chi connectivity index (χ0) is 16.1. The summed E-state index contributed by atoms with van der Waals surface area (Å²) in [4.78, 5) is 17.4. The third-order valence-electron chi connectivity index (χ3n) is 5.96. The molecule has 0 saturated heterocycles. The number of imidazole rings is 1. The summed E-state index contributed by atoms with van der Waals surface area (Å²) in [6.45, 7) is 6.13. The maximum atomic E-state index is 12.8. The molecule has 2 aliphatic rings. The Bertz CT molecular complexity index is 763. The van der Waals surface area contributed by atoms with Gasteiger partial charge in [-0.25, -0.2) is 4.98 Å². The number of amides is 1. The number of carbonyl (C=O) groups is 1. The minimum atomic E-state index is 0.00845. The summed E-state index contributed by atoms with van der Waals surface area (Å²) in [5.41, 5.74) is 3.48. The molecule has 4 heteroatoms. The summed E-state index contributed by atoms with van der Waals surface area (Å²) < 4.78 is 1.91. The van der Waals surface area contributed by atoms with Crippen LogP contribution in [0.4, 0.5) is 0 Å². The Hall–Kier alpha value is -1.84. The van der Waals surface area contributed by atoms with Crippen molar-refractivity contribution in [2.45, 2.75) is 52.5 Å². The Morgan fingerprint density at radius 2 is 2.17 bits per heavy atom. The van der Waals surface area contributed by atoms with E-state index in [1.165, 1.54) is 25.7 Å². The molecular formula is C19H25N3O. The van der Waals surface area contributed by atoms with Gasteiger partial charge in [-0.05, 0) is 75.5 Å². The first-order chi connectivity index (χ1) is 11.0. The Morgan fingerprint density at radius 1 is 1.35 bits per heavy atom. The van der Waals surface area contributed by atoms with Crippen molar-refractivity contribution in [2.75, 3.05) is 0 Å². The van der Waals surface area contributed by atoms with E-state index in [2.05, 4.69) is 17.2 Å². The first-order valence-corrected chi connectivity index (χ1v) is 8.79. The van der Waals surface area contributed by atoms with Crippen molar-refractivity contribution in [3.05, 3.63) is 35.3 Å². The van der Waals surface area contributed by atoms with Crippen LogP contribution in [0.1, 0.15) is 54.4 Å². The molecule has 23 heavy (non-hydrogen) atoms. The van der Waals surface area contributed by atoms with Gasteiger partial charge in [-0.15, -0.1) is 0 Å². The van der Waals surface area contributed by atoms with Crippen LogP contribution >= 0.6 is 0 Å². The number of carbonyl (C=O) groups excluding carboxylic acids is 1. The number of hydrogen-bond donors (Lipinski definition) is 1. The maximum absolute atomic E-state index is 12.8. The summed E-state index contributed by atoms with van der Waals surface area (Å²) in [6.07, 6.45) is 7.36. The molecule has 1 amide bonds. The van der Waals surface area contributed by atoms with E-state index in [4.69, 9.17) is 0 Å². The van der Waals surface area contributed by atoms with Gasteiger partial charge in [0.15, 0.2) is 0 Å². The largest absolute Gasteiger partial charge is 0.348 e. The zero-order valence-electron chi connectivity index (χ0n) is 14.2. The Morgan fingerprint density at radius 3 is 2.87 bits per heavy atom. The van der Waals surface area contributed by atoms with Crippen molar-refractivity contribution in [1.29, 1.82) is 0 Å². The van der Waals surface area contributed by atoms with E-state index >= 15 is 0 Å². The lowest BCUT2D eigenvalue weighted by molar-refractivity contribution is 0.0908. The number of aryl methyl sites for hydroxylation is 2. The van der Waals surface area contributed by atoms with Crippen LogP contribution in [0.25, 0.3) is 5.65 Å². The molecular weight excluding hydrogens is 286 g/mol. The molecule has 2 aromatic heterocycles. The van der Waals surface area contributed by atoms with Crippen LogP contribution in [0.15, 0.2) is 18.3 Å². The highest BCUT2D eigenvalue weighted by Gasteiger charge is 2.42. The van der Waals surface area contributed by atoms with Crippen LogP contribution in [0.3, 0.4) is 0 Å². The summed E-state index contributed by atoms with van der Waals surface area (Å²) in [7, 11) is 0. The van der Waals surface area contributed by atoms with Crippen LogP contribution in [0, 0.1) is 31.6 Å². The molecule has 2 saturated carbocycles. The first-order valence-electron chi connectivity index (χ1n) is 8.79. The fourth-order valence-electron chi connectivity index (χ4n) is 4.83. The highest BCUT2D eigenvalue weighted by atomic mass is 16.2. The molecule has 0 aliphatic heterocycles. The average molecular weight is 311 g/mol. The minimum absolute atomic E-state index is 0.00845. The SMILES string of the molecule is Cc1ccn2c(C(=O)NC(C)C3CC4CCC3C4)c(C)nc2c1. The quantitative estimate of drug-likeness (QED) is 0.943. The molecule has 2 aromatic rings. The highest BCUT2D eigenvalue weighted by Crippen LogP contribution is 2.49. The summed E-state index contributed by atoms with van der Waals surface area (Å²) in [5.74, 6) is 2.39. The van der Waals surface area contributed by atoms with Crippen LogP contribution < -0.4 is 5.32 Å². The molecule has 0 radical (unpaired) electrons. The number of rotatable bonds is 3. The number of fused-ring (bicyclic) bond motifs is 3. The van der Waals surface area contributed by atoms with Crippen molar-refractivity contribution >= 4 is 11.6 Å². The topological polar surface area (TPSA) is 46.4 Å². The molecule has 0 spiro atoms. The second kappa shape index (κ2) is 5.36. The van der Waals surface area contributed by atoms with Gasteiger partial charge in [0.1, 0.15) is 11.3 Å². The van der Waals surface area contributed by atoms with Crippen LogP contribution in [0.5, 0.6) is 0 Å². The number of nitrogens with zero attached hydrogens (tertiary/aromatic N) is 2.